The van der Waals surface area contributed by atoms with Crippen molar-refractivity contribution in [3.8, 4) is 0 Å². The van der Waals surface area contributed by atoms with Crippen molar-refractivity contribution in [3.05, 3.63) is 0 Å². The molecule has 0 aliphatic heterocycles. The zero-order chi connectivity index (χ0) is 15.0. The minimum Gasteiger partial charge on any atom is -0.373 e. The lowest BCUT2D eigenvalue weighted by Gasteiger charge is -2.37. The third-order valence-corrected chi connectivity index (χ3v) is 4.02. The summed E-state index contributed by atoms with van der Waals surface area (Å²) in [5.41, 5.74) is 5.77. The molecule has 1 fully saturated rings. The van der Waals surface area contributed by atoms with Crippen molar-refractivity contribution in [1.29, 1.82) is 0 Å². The van der Waals surface area contributed by atoms with Gasteiger partial charge >= 0.3 is 0 Å². The van der Waals surface area contributed by atoms with E-state index >= 15 is 0 Å². The Morgan fingerprint density at radius 2 is 1.90 bits per heavy atom. The quantitative estimate of drug-likeness (QED) is 0.722. The maximum atomic E-state index is 12.0. The highest BCUT2D eigenvalue weighted by Crippen LogP contribution is 2.31. The summed E-state index contributed by atoms with van der Waals surface area (Å²) < 4.78 is 6.08. The molecule has 1 saturated carbocycles. The average molecular weight is 321 g/mol. The van der Waals surface area contributed by atoms with E-state index in [0.717, 1.165) is 32.3 Å². The highest BCUT2D eigenvalue weighted by molar-refractivity contribution is 5.85. The van der Waals surface area contributed by atoms with Gasteiger partial charge in [0, 0.05) is 13.2 Å². The van der Waals surface area contributed by atoms with Crippen LogP contribution in [0.15, 0.2) is 0 Å². The molecule has 0 aromatic heterocycles. The molecule has 0 spiro atoms. The summed E-state index contributed by atoms with van der Waals surface area (Å²) in [7, 11) is 0. The number of nitrogens with two attached hydrogens (primary N) is 1. The van der Waals surface area contributed by atoms with Crippen LogP contribution >= 0.6 is 12.4 Å². The molecule has 0 unspecified atom stereocenters. The lowest BCUT2D eigenvalue weighted by molar-refractivity contribution is -0.126. The number of amides is 1. The Kier molecular flexibility index (Phi) is 10.3. The van der Waals surface area contributed by atoms with Crippen LogP contribution in [0.2, 0.25) is 0 Å². The predicted molar refractivity (Wildman–Crippen MR) is 89.7 cm³/mol. The van der Waals surface area contributed by atoms with Crippen molar-refractivity contribution in [2.75, 3.05) is 13.2 Å². The zero-order valence-electron chi connectivity index (χ0n) is 13.8. The smallest absolute Gasteiger partial charge is 0.237 e. The molecular weight excluding hydrogens is 288 g/mol. The molecule has 0 bridgehead atoms. The third-order valence-electron chi connectivity index (χ3n) is 4.02. The van der Waals surface area contributed by atoms with Crippen LogP contribution in [0.3, 0.4) is 0 Å². The lowest BCUT2D eigenvalue weighted by Crippen LogP contribution is -2.50. The molecule has 21 heavy (non-hydrogen) atoms. The molecule has 126 valence electrons. The summed E-state index contributed by atoms with van der Waals surface area (Å²) in [6.45, 7) is 7.67. The van der Waals surface area contributed by atoms with Crippen molar-refractivity contribution in [2.45, 2.75) is 77.4 Å². The van der Waals surface area contributed by atoms with Gasteiger partial charge in [-0.05, 0) is 31.6 Å². The van der Waals surface area contributed by atoms with E-state index in [4.69, 9.17) is 10.5 Å². The largest absolute Gasteiger partial charge is 0.373 e. The predicted octanol–water partition coefficient (Wildman–Crippen LogP) is 3.03. The number of hydrogen-bond acceptors (Lipinski definition) is 3. The van der Waals surface area contributed by atoms with Crippen molar-refractivity contribution < 1.29 is 9.53 Å². The van der Waals surface area contributed by atoms with Crippen LogP contribution in [0, 0.1) is 5.92 Å². The molecule has 0 saturated heterocycles. The second kappa shape index (κ2) is 10.4. The van der Waals surface area contributed by atoms with Gasteiger partial charge in [-0.15, -0.1) is 12.4 Å². The van der Waals surface area contributed by atoms with Crippen LogP contribution < -0.4 is 11.1 Å². The van der Waals surface area contributed by atoms with Gasteiger partial charge in [0.2, 0.25) is 5.91 Å². The second-order valence-corrected chi connectivity index (χ2v) is 6.55. The van der Waals surface area contributed by atoms with E-state index in [2.05, 4.69) is 26.1 Å². The normalized spacial score (nSPS) is 18.9. The zero-order valence-corrected chi connectivity index (χ0v) is 14.6. The Morgan fingerprint density at radius 1 is 1.29 bits per heavy atom. The Hall–Kier alpha value is -0.320. The molecule has 3 N–H and O–H groups in total. The van der Waals surface area contributed by atoms with Crippen LogP contribution in [-0.2, 0) is 9.53 Å². The number of ether oxygens (including phenoxy) is 1. The van der Waals surface area contributed by atoms with Gasteiger partial charge in [0.25, 0.3) is 0 Å². The fourth-order valence-electron chi connectivity index (χ4n) is 2.88. The third kappa shape index (κ3) is 7.48. The van der Waals surface area contributed by atoms with Crippen LogP contribution in [0.1, 0.15) is 65.7 Å². The first kappa shape index (κ1) is 20.7. The van der Waals surface area contributed by atoms with Gasteiger partial charge in [0.1, 0.15) is 0 Å². The standard InChI is InChI=1S/C16H32N2O2.ClH/c1-4-10-20-16(8-6-5-7-9-16)12-18-15(19)14(17)11-13(2)3;/h13-14H,4-12,17H2,1-3H3,(H,18,19);1H/t14-;/m0./s1. The molecule has 1 atom stereocenters. The highest BCUT2D eigenvalue weighted by atomic mass is 35.5. The Balaban J connectivity index is 0.00000400. The van der Waals surface area contributed by atoms with Gasteiger partial charge in [-0.25, -0.2) is 0 Å². The summed E-state index contributed by atoms with van der Waals surface area (Å²) in [6.07, 6.45) is 7.50. The SMILES string of the molecule is CCCOC1(CNC(=O)[C@@H](N)CC(C)C)CCCCC1.Cl. The summed E-state index contributed by atoms with van der Waals surface area (Å²) >= 11 is 0. The number of nitrogens with one attached hydrogen (secondary N) is 1. The van der Waals surface area contributed by atoms with Crippen molar-refractivity contribution in [3.63, 3.8) is 0 Å². The van der Waals surface area contributed by atoms with Crippen molar-refractivity contribution >= 4 is 18.3 Å². The molecule has 1 aliphatic carbocycles. The Labute approximate surface area is 136 Å². The maximum absolute atomic E-state index is 12.0. The molecule has 0 radical (unpaired) electrons. The molecule has 1 rings (SSSR count). The summed E-state index contributed by atoms with van der Waals surface area (Å²) in [5, 5.41) is 3.02. The molecule has 1 amide bonds. The van der Waals surface area contributed by atoms with Crippen LogP contribution in [-0.4, -0.2) is 30.7 Å². The van der Waals surface area contributed by atoms with Gasteiger partial charge in [-0.3, -0.25) is 4.79 Å². The van der Waals surface area contributed by atoms with Crippen LogP contribution in [0.4, 0.5) is 0 Å². The highest BCUT2D eigenvalue weighted by Gasteiger charge is 2.33. The molecule has 0 heterocycles. The summed E-state index contributed by atoms with van der Waals surface area (Å²) in [4.78, 5) is 12.0. The Morgan fingerprint density at radius 3 is 2.43 bits per heavy atom. The van der Waals surface area contributed by atoms with Gasteiger partial charge in [0.05, 0.1) is 11.6 Å². The molecule has 5 heteroatoms. The first-order valence-corrected chi connectivity index (χ1v) is 8.16. The first-order valence-electron chi connectivity index (χ1n) is 8.16. The fourth-order valence-corrected chi connectivity index (χ4v) is 2.88. The summed E-state index contributed by atoms with van der Waals surface area (Å²) in [6, 6.07) is -0.401. The van der Waals surface area contributed by atoms with Gasteiger partial charge in [-0.1, -0.05) is 40.0 Å². The molecule has 0 aromatic carbocycles. The van der Waals surface area contributed by atoms with Crippen molar-refractivity contribution in [2.24, 2.45) is 11.7 Å². The number of hydrogen-bond donors (Lipinski definition) is 2. The minimum atomic E-state index is -0.401. The van der Waals surface area contributed by atoms with Crippen molar-refractivity contribution in [1.82, 2.24) is 5.32 Å². The minimum absolute atomic E-state index is 0. The van der Waals surface area contributed by atoms with E-state index in [1.807, 2.05) is 0 Å². The van der Waals surface area contributed by atoms with E-state index in [-0.39, 0.29) is 23.9 Å². The number of carbonyl (C=O) groups excluding carboxylic acids is 1. The van der Waals surface area contributed by atoms with E-state index in [9.17, 15) is 4.79 Å². The topological polar surface area (TPSA) is 64.3 Å². The number of halogens is 1. The van der Waals surface area contributed by atoms with Gasteiger partial charge in [-0.2, -0.15) is 0 Å². The molecule has 1 aliphatic rings. The fraction of sp³-hybridized carbons (Fsp3) is 0.938. The maximum Gasteiger partial charge on any atom is 0.237 e. The van der Waals surface area contributed by atoms with Crippen LogP contribution in [0.5, 0.6) is 0 Å². The number of rotatable bonds is 8. The monoisotopic (exact) mass is 320 g/mol. The molecular formula is C16H33ClN2O2. The number of carbonyl (C=O) groups is 1. The second-order valence-electron chi connectivity index (χ2n) is 6.55. The summed E-state index contributed by atoms with van der Waals surface area (Å²) in [5.74, 6) is 0.402. The van der Waals surface area contributed by atoms with Crippen LogP contribution in [0.25, 0.3) is 0 Å². The van der Waals surface area contributed by atoms with Gasteiger partial charge in [0.15, 0.2) is 0 Å². The first-order chi connectivity index (χ1) is 9.49. The van der Waals surface area contributed by atoms with Gasteiger partial charge < -0.3 is 15.8 Å². The molecule has 4 nitrogen and oxygen atoms in total. The Bertz CT molecular complexity index is 292. The molecule has 0 aromatic rings. The van der Waals surface area contributed by atoms with E-state index in [0.29, 0.717) is 12.5 Å². The van der Waals surface area contributed by atoms with E-state index in [1.54, 1.807) is 0 Å². The average Bonchev–Trinajstić information content (AvgIpc) is 2.43. The van der Waals surface area contributed by atoms with E-state index in [1.165, 1.54) is 19.3 Å². The lowest BCUT2D eigenvalue weighted by atomic mass is 9.84. The van der Waals surface area contributed by atoms with E-state index < -0.39 is 6.04 Å².